The third kappa shape index (κ3) is 2.14. The van der Waals surface area contributed by atoms with Crippen LogP contribution in [0.5, 0.6) is 0 Å². The SMILES string of the molecule is Cc1cccc2c1[nH]c(=S)n2C(C)c1ccc(Cl)s1. The number of aryl methyl sites for hydroxylation is 1. The van der Waals surface area contributed by atoms with E-state index in [0.29, 0.717) is 0 Å². The summed E-state index contributed by atoms with van der Waals surface area (Å²) in [6, 6.07) is 10.4. The zero-order valence-electron chi connectivity index (χ0n) is 10.6. The number of rotatable bonds is 2. The van der Waals surface area contributed by atoms with Gasteiger partial charge in [0.1, 0.15) is 0 Å². The molecule has 0 spiro atoms. The van der Waals surface area contributed by atoms with Crippen molar-refractivity contribution in [3.63, 3.8) is 0 Å². The summed E-state index contributed by atoms with van der Waals surface area (Å²) in [5.74, 6) is 0. The molecule has 19 heavy (non-hydrogen) atoms. The number of hydrogen-bond acceptors (Lipinski definition) is 2. The molecule has 0 bridgehead atoms. The largest absolute Gasteiger partial charge is 0.330 e. The molecule has 0 saturated heterocycles. The monoisotopic (exact) mass is 308 g/mol. The van der Waals surface area contributed by atoms with Gasteiger partial charge >= 0.3 is 0 Å². The molecule has 1 N–H and O–H groups in total. The molecule has 0 aliphatic heterocycles. The van der Waals surface area contributed by atoms with E-state index in [-0.39, 0.29) is 6.04 Å². The maximum absolute atomic E-state index is 6.02. The molecule has 3 rings (SSSR count). The number of para-hydroxylation sites is 1. The Kier molecular flexibility index (Phi) is 3.25. The van der Waals surface area contributed by atoms with Crippen LogP contribution in [0.25, 0.3) is 11.0 Å². The van der Waals surface area contributed by atoms with Gasteiger partial charge in [0.15, 0.2) is 4.77 Å². The minimum atomic E-state index is 0.181. The summed E-state index contributed by atoms with van der Waals surface area (Å²) >= 11 is 13.1. The van der Waals surface area contributed by atoms with Gasteiger partial charge in [-0.05, 0) is 49.8 Å². The van der Waals surface area contributed by atoms with E-state index in [1.165, 1.54) is 10.4 Å². The number of H-pyrrole nitrogens is 1. The first-order chi connectivity index (χ1) is 9.08. The smallest absolute Gasteiger partial charge is 0.178 e. The van der Waals surface area contributed by atoms with Crippen LogP contribution >= 0.6 is 35.2 Å². The van der Waals surface area contributed by atoms with Gasteiger partial charge in [0.05, 0.1) is 21.4 Å². The van der Waals surface area contributed by atoms with E-state index >= 15 is 0 Å². The second-order valence-electron chi connectivity index (χ2n) is 4.59. The van der Waals surface area contributed by atoms with Gasteiger partial charge in [0.25, 0.3) is 0 Å². The average molecular weight is 309 g/mol. The van der Waals surface area contributed by atoms with Crippen LogP contribution in [0.15, 0.2) is 30.3 Å². The zero-order valence-corrected chi connectivity index (χ0v) is 13.0. The van der Waals surface area contributed by atoms with Crippen molar-refractivity contribution in [2.45, 2.75) is 19.9 Å². The number of hydrogen-bond donors (Lipinski definition) is 1. The second kappa shape index (κ2) is 4.78. The third-order valence-corrected chi connectivity index (χ3v) is 5.05. The van der Waals surface area contributed by atoms with Crippen LogP contribution in [0, 0.1) is 11.7 Å². The Labute approximate surface area is 125 Å². The first-order valence-electron chi connectivity index (χ1n) is 6.03. The van der Waals surface area contributed by atoms with Crippen molar-refractivity contribution in [1.82, 2.24) is 9.55 Å². The van der Waals surface area contributed by atoms with Gasteiger partial charge in [-0.1, -0.05) is 23.7 Å². The molecule has 0 aliphatic rings. The number of aromatic amines is 1. The predicted octanol–water partition coefficient (Wildman–Crippen LogP) is 5.33. The second-order valence-corrected chi connectivity index (χ2v) is 6.72. The number of benzene rings is 1. The lowest BCUT2D eigenvalue weighted by Crippen LogP contribution is -2.04. The number of fused-ring (bicyclic) bond motifs is 1. The zero-order chi connectivity index (χ0) is 13.6. The van der Waals surface area contributed by atoms with Gasteiger partial charge in [-0.25, -0.2) is 0 Å². The van der Waals surface area contributed by atoms with Crippen molar-refractivity contribution >= 4 is 46.2 Å². The van der Waals surface area contributed by atoms with Crippen LogP contribution in [0.4, 0.5) is 0 Å². The van der Waals surface area contributed by atoms with Crippen molar-refractivity contribution in [3.05, 3.63) is 49.9 Å². The molecule has 2 heterocycles. The van der Waals surface area contributed by atoms with Crippen LogP contribution in [-0.2, 0) is 0 Å². The van der Waals surface area contributed by atoms with E-state index in [0.717, 1.165) is 20.1 Å². The quantitative estimate of drug-likeness (QED) is 0.634. The van der Waals surface area contributed by atoms with Gasteiger partial charge < -0.3 is 9.55 Å². The molecule has 1 aromatic carbocycles. The molecule has 1 atom stereocenters. The molecule has 0 fully saturated rings. The molecule has 98 valence electrons. The van der Waals surface area contributed by atoms with E-state index < -0.39 is 0 Å². The maximum Gasteiger partial charge on any atom is 0.178 e. The lowest BCUT2D eigenvalue weighted by Gasteiger charge is -2.12. The first-order valence-corrected chi connectivity index (χ1v) is 7.63. The Morgan fingerprint density at radius 3 is 2.79 bits per heavy atom. The standard InChI is InChI=1S/C14H13ClN2S2/c1-8-4-3-5-10-13(8)16-14(18)17(10)9(2)11-6-7-12(15)19-11/h3-7,9H,1-2H3,(H,16,18). The van der Waals surface area contributed by atoms with E-state index in [1.807, 2.05) is 6.07 Å². The molecule has 0 aliphatic carbocycles. The molecule has 2 nitrogen and oxygen atoms in total. The fraction of sp³-hybridized carbons (Fsp3) is 0.214. The van der Waals surface area contributed by atoms with Crippen LogP contribution in [-0.4, -0.2) is 9.55 Å². The van der Waals surface area contributed by atoms with Gasteiger partial charge in [0, 0.05) is 4.88 Å². The Hall–Kier alpha value is -1.10. The van der Waals surface area contributed by atoms with E-state index in [9.17, 15) is 0 Å². The molecule has 3 aromatic rings. The van der Waals surface area contributed by atoms with Crippen molar-refractivity contribution in [2.75, 3.05) is 0 Å². The molecular formula is C14H13ClN2S2. The number of imidazole rings is 1. The fourth-order valence-electron chi connectivity index (χ4n) is 2.36. The number of aromatic nitrogens is 2. The number of nitrogens with zero attached hydrogens (tertiary/aromatic N) is 1. The highest BCUT2D eigenvalue weighted by Crippen LogP contribution is 2.31. The summed E-state index contributed by atoms with van der Waals surface area (Å²) in [4.78, 5) is 4.51. The molecule has 1 unspecified atom stereocenters. The van der Waals surface area contributed by atoms with Crippen molar-refractivity contribution < 1.29 is 0 Å². The van der Waals surface area contributed by atoms with E-state index in [2.05, 4.69) is 47.7 Å². The Morgan fingerprint density at radius 1 is 1.32 bits per heavy atom. The van der Waals surface area contributed by atoms with Crippen LogP contribution < -0.4 is 0 Å². The minimum absolute atomic E-state index is 0.181. The van der Waals surface area contributed by atoms with E-state index in [1.54, 1.807) is 11.3 Å². The van der Waals surface area contributed by atoms with Gasteiger partial charge in [0.2, 0.25) is 0 Å². The lowest BCUT2D eigenvalue weighted by molar-refractivity contribution is 0.661. The molecule has 2 aromatic heterocycles. The summed E-state index contributed by atoms with van der Waals surface area (Å²) in [6.07, 6.45) is 0. The lowest BCUT2D eigenvalue weighted by atomic mass is 10.2. The maximum atomic E-state index is 6.02. The fourth-order valence-corrected chi connectivity index (χ4v) is 3.82. The highest BCUT2D eigenvalue weighted by Gasteiger charge is 2.15. The predicted molar refractivity (Wildman–Crippen MR) is 85.0 cm³/mol. The Bertz CT molecular complexity index is 797. The molecule has 0 amide bonds. The van der Waals surface area contributed by atoms with Crippen molar-refractivity contribution in [2.24, 2.45) is 0 Å². The number of thiophene rings is 1. The number of halogens is 1. The normalized spacial score (nSPS) is 13.0. The molecule has 0 radical (unpaired) electrons. The Balaban J connectivity index is 2.23. The average Bonchev–Trinajstić information content (AvgIpc) is 2.93. The highest BCUT2D eigenvalue weighted by atomic mass is 35.5. The van der Waals surface area contributed by atoms with Gasteiger partial charge in [-0.3, -0.25) is 0 Å². The van der Waals surface area contributed by atoms with Gasteiger partial charge in [-0.15, -0.1) is 11.3 Å². The molecule has 0 saturated carbocycles. The summed E-state index contributed by atoms with van der Waals surface area (Å²) in [7, 11) is 0. The van der Waals surface area contributed by atoms with Crippen LogP contribution in [0.1, 0.15) is 23.4 Å². The Morgan fingerprint density at radius 2 is 2.11 bits per heavy atom. The number of nitrogens with one attached hydrogen (secondary N) is 1. The van der Waals surface area contributed by atoms with E-state index in [4.69, 9.17) is 23.8 Å². The third-order valence-electron chi connectivity index (χ3n) is 3.35. The summed E-state index contributed by atoms with van der Waals surface area (Å²) in [5, 5.41) is 0. The van der Waals surface area contributed by atoms with Crippen molar-refractivity contribution in [1.29, 1.82) is 0 Å². The summed E-state index contributed by atoms with van der Waals surface area (Å²) < 4.78 is 3.71. The van der Waals surface area contributed by atoms with Gasteiger partial charge in [-0.2, -0.15) is 0 Å². The topological polar surface area (TPSA) is 20.7 Å². The highest BCUT2D eigenvalue weighted by molar-refractivity contribution is 7.71. The van der Waals surface area contributed by atoms with Crippen LogP contribution in [0.2, 0.25) is 4.34 Å². The summed E-state index contributed by atoms with van der Waals surface area (Å²) in [6.45, 7) is 4.23. The molecule has 5 heteroatoms. The summed E-state index contributed by atoms with van der Waals surface area (Å²) in [5.41, 5.74) is 3.46. The van der Waals surface area contributed by atoms with Crippen LogP contribution in [0.3, 0.4) is 0 Å². The van der Waals surface area contributed by atoms with Crippen molar-refractivity contribution in [3.8, 4) is 0 Å². The minimum Gasteiger partial charge on any atom is -0.330 e. The first kappa shape index (κ1) is 12.9. The molecular weight excluding hydrogens is 296 g/mol.